The van der Waals surface area contributed by atoms with Gasteiger partial charge < -0.3 is 24.1 Å². The number of halogens is 1. The van der Waals surface area contributed by atoms with Gasteiger partial charge in [0.15, 0.2) is 12.6 Å². The molecular weight excluding hydrogens is 403 g/mol. The Morgan fingerprint density at radius 1 is 1.13 bits per heavy atom. The lowest BCUT2D eigenvalue weighted by molar-refractivity contribution is 0.0494. The van der Waals surface area contributed by atoms with Gasteiger partial charge in [0.2, 0.25) is 0 Å². The van der Waals surface area contributed by atoms with E-state index in [4.69, 9.17) is 18.9 Å². The Morgan fingerprint density at radius 3 is 2.45 bits per heavy atom. The lowest BCUT2D eigenvalue weighted by Crippen LogP contribution is -2.09. The molecule has 0 fully saturated rings. The van der Waals surface area contributed by atoms with Crippen LogP contribution < -0.4 is 14.2 Å². The fourth-order valence-electron chi connectivity index (χ4n) is 2.86. The van der Waals surface area contributed by atoms with Gasteiger partial charge in [-0.3, -0.25) is 4.79 Å². The van der Waals surface area contributed by atoms with E-state index in [1.165, 1.54) is 51.7 Å². The number of ketones is 1. The van der Waals surface area contributed by atoms with Gasteiger partial charge in [0.05, 0.1) is 14.2 Å². The van der Waals surface area contributed by atoms with E-state index >= 15 is 0 Å². The summed E-state index contributed by atoms with van der Waals surface area (Å²) >= 11 is 0. The number of allylic oxidation sites excluding steroid dienone is 3. The molecule has 0 saturated carbocycles. The number of hydrogen-bond donors (Lipinski definition) is 1. The van der Waals surface area contributed by atoms with Crippen LogP contribution in [0.25, 0.3) is 6.08 Å². The summed E-state index contributed by atoms with van der Waals surface area (Å²) in [5.74, 6) is -0.407. The standard InChI is InChI=1S/C24H27FO6/c1-15(2)6-10-18-21(27)13-22(30-5)23(24(18)31-14-28-3)20(26)11-8-16-7-9-17(29-4)12-19(16)25/h6-9,11-13,27H,10,14H2,1-5H3/b11-8+. The normalized spacial score (nSPS) is 10.8. The van der Waals surface area contributed by atoms with Crippen molar-refractivity contribution in [3.63, 3.8) is 0 Å². The van der Waals surface area contributed by atoms with Gasteiger partial charge in [-0.1, -0.05) is 11.6 Å². The zero-order valence-electron chi connectivity index (χ0n) is 18.3. The SMILES string of the molecule is COCOc1c(CC=C(C)C)c(O)cc(OC)c1C(=O)/C=C/c1ccc(OC)cc1F. The highest BCUT2D eigenvalue weighted by Gasteiger charge is 2.24. The molecule has 0 aliphatic rings. The van der Waals surface area contributed by atoms with Crippen molar-refractivity contribution in [3.05, 3.63) is 64.5 Å². The van der Waals surface area contributed by atoms with Crippen molar-refractivity contribution in [1.82, 2.24) is 0 Å². The molecule has 0 radical (unpaired) electrons. The average molecular weight is 430 g/mol. The molecular formula is C24H27FO6. The van der Waals surface area contributed by atoms with Crippen molar-refractivity contribution in [3.8, 4) is 23.0 Å². The molecule has 6 nitrogen and oxygen atoms in total. The first kappa shape index (κ1) is 24.0. The number of ether oxygens (including phenoxy) is 4. The largest absolute Gasteiger partial charge is 0.507 e. The maximum absolute atomic E-state index is 14.2. The summed E-state index contributed by atoms with van der Waals surface area (Å²) in [7, 11) is 4.27. The number of phenolic OH excluding ortho intramolecular Hbond substituents is 1. The first-order chi connectivity index (χ1) is 14.8. The Bertz CT molecular complexity index is 990. The highest BCUT2D eigenvalue weighted by Crippen LogP contribution is 2.40. The molecule has 0 aliphatic heterocycles. The average Bonchev–Trinajstić information content (AvgIpc) is 2.74. The van der Waals surface area contributed by atoms with Crippen LogP contribution in [0.1, 0.15) is 35.3 Å². The molecule has 2 rings (SSSR count). The predicted molar refractivity (Wildman–Crippen MR) is 117 cm³/mol. The zero-order chi connectivity index (χ0) is 23.0. The lowest BCUT2D eigenvalue weighted by Gasteiger charge is -2.18. The molecule has 7 heteroatoms. The van der Waals surface area contributed by atoms with Crippen molar-refractivity contribution < 1.29 is 33.2 Å². The molecule has 2 aromatic rings. The Kier molecular flexibility index (Phi) is 8.63. The summed E-state index contributed by atoms with van der Waals surface area (Å²) in [5, 5.41) is 10.5. The van der Waals surface area contributed by atoms with E-state index in [0.29, 0.717) is 17.7 Å². The molecule has 1 N–H and O–H groups in total. The highest BCUT2D eigenvalue weighted by molar-refractivity contribution is 6.11. The Balaban J connectivity index is 2.54. The van der Waals surface area contributed by atoms with Crippen molar-refractivity contribution >= 4 is 11.9 Å². The zero-order valence-corrected chi connectivity index (χ0v) is 18.3. The van der Waals surface area contributed by atoms with Gasteiger partial charge in [0.25, 0.3) is 0 Å². The molecule has 31 heavy (non-hydrogen) atoms. The summed E-state index contributed by atoms with van der Waals surface area (Å²) in [4.78, 5) is 13.1. The third-order valence-corrected chi connectivity index (χ3v) is 4.45. The van der Waals surface area contributed by atoms with Crippen LogP contribution in [0, 0.1) is 5.82 Å². The van der Waals surface area contributed by atoms with E-state index in [-0.39, 0.29) is 35.2 Å². The summed E-state index contributed by atoms with van der Waals surface area (Å²) < 4.78 is 35.2. The Labute approximate surface area is 181 Å². The Morgan fingerprint density at radius 2 is 1.87 bits per heavy atom. The minimum Gasteiger partial charge on any atom is -0.507 e. The van der Waals surface area contributed by atoms with Crippen molar-refractivity contribution in [2.45, 2.75) is 20.3 Å². The van der Waals surface area contributed by atoms with Gasteiger partial charge in [0.1, 0.15) is 34.4 Å². The lowest BCUT2D eigenvalue weighted by atomic mass is 9.99. The predicted octanol–water partition coefficient (Wildman–Crippen LogP) is 4.94. The van der Waals surface area contributed by atoms with Gasteiger partial charge in [-0.05, 0) is 44.6 Å². The molecule has 166 valence electrons. The first-order valence-corrected chi connectivity index (χ1v) is 9.56. The van der Waals surface area contributed by atoms with Crippen LogP contribution in [0.2, 0.25) is 0 Å². The number of carbonyl (C=O) groups excluding carboxylic acids is 1. The molecule has 0 spiro atoms. The number of hydrogen-bond acceptors (Lipinski definition) is 6. The summed E-state index contributed by atoms with van der Waals surface area (Å²) in [6, 6.07) is 5.70. The third-order valence-electron chi connectivity index (χ3n) is 4.45. The summed E-state index contributed by atoms with van der Waals surface area (Å²) in [5.41, 5.74) is 1.79. The molecule has 0 bridgehead atoms. The number of phenols is 1. The van der Waals surface area contributed by atoms with Gasteiger partial charge in [0, 0.05) is 30.4 Å². The molecule has 0 aromatic heterocycles. The van der Waals surface area contributed by atoms with Crippen molar-refractivity contribution in [2.24, 2.45) is 0 Å². The molecule has 0 unspecified atom stereocenters. The van der Waals surface area contributed by atoms with E-state index in [2.05, 4.69) is 0 Å². The van der Waals surface area contributed by atoms with Gasteiger partial charge in [-0.2, -0.15) is 0 Å². The first-order valence-electron chi connectivity index (χ1n) is 9.56. The molecule has 0 aliphatic carbocycles. The number of methoxy groups -OCH3 is 3. The number of aromatic hydroxyl groups is 1. The van der Waals surface area contributed by atoms with Crippen LogP contribution in [-0.2, 0) is 11.2 Å². The van der Waals surface area contributed by atoms with Crippen molar-refractivity contribution in [2.75, 3.05) is 28.1 Å². The second kappa shape index (κ2) is 11.2. The van der Waals surface area contributed by atoms with E-state index in [0.717, 1.165) is 5.57 Å². The fraction of sp³-hybridized carbons (Fsp3) is 0.292. The van der Waals surface area contributed by atoms with Crippen LogP contribution in [-0.4, -0.2) is 39.0 Å². The quantitative estimate of drug-likeness (QED) is 0.249. The van der Waals surface area contributed by atoms with Gasteiger partial charge in [-0.15, -0.1) is 0 Å². The van der Waals surface area contributed by atoms with E-state index in [1.807, 2.05) is 19.9 Å². The molecule has 0 atom stereocenters. The van der Waals surface area contributed by atoms with Crippen LogP contribution >= 0.6 is 0 Å². The monoisotopic (exact) mass is 430 g/mol. The molecule has 0 heterocycles. The number of rotatable bonds is 10. The van der Waals surface area contributed by atoms with E-state index in [1.54, 1.807) is 6.07 Å². The minimum atomic E-state index is -0.527. The maximum Gasteiger partial charge on any atom is 0.193 e. The highest BCUT2D eigenvalue weighted by atomic mass is 19.1. The second-order valence-corrected chi connectivity index (χ2v) is 6.90. The topological polar surface area (TPSA) is 74.2 Å². The van der Waals surface area contributed by atoms with Crippen molar-refractivity contribution in [1.29, 1.82) is 0 Å². The summed E-state index contributed by atoms with van der Waals surface area (Å²) in [6.45, 7) is 3.72. The molecule has 2 aromatic carbocycles. The minimum absolute atomic E-state index is 0.0674. The third kappa shape index (κ3) is 6.08. The van der Waals surface area contributed by atoms with Gasteiger partial charge >= 0.3 is 0 Å². The fourth-order valence-corrected chi connectivity index (χ4v) is 2.86. The number of benzene rings is 2. The van der Waals surface area contributed by atoms with Crippen LogP contribution in [0.3, 0.4) is 0 Å². The molecule has 0 saturated heterocycles. The smallest absolute Gasteiger partial charge is 0.193 e. The maximum atomic E-state index is 14.2. The summed E-state index contributed by atoms with van der Waals surface area (Å²) in [6.07, 6.45) is 4.83. The van der Waals surface area contributed by atoms with Crippen LogP contribution in [0.5, 0.6) is 23.0 Å². The molecule has 0 amide bonds. The van der Waals surface area contributed by atoms with E-state index < -0.39 is 11.6 Å². The van der Waals surface area contributed by atoms with Crippen LogP contribution in [0.4, 0.5) is 4.39 Å². The second-order valence-electron chi connectivity index (χ2n) is 6.90. The van der Waals surface area contributed by atoms with E-state index in [9.17, 15) is 14.3 Å². The number of carbonyl (C=O) groups is 1. The van der Waals surface area contributed by atoms with Gasteiger partial charge in [-0.25, -0.2) is 4.39 Å². The Hall–Kier alpha value is -3.32. The van der Waals surface area contributed by atoms with Crippen LogP contribution in [0.15, 0.2) is 42.0 Å².